The first-order chi connectivity index (χ1) is 33.2. The Kier molecular flexibility index (Phi) is 8.27. The highest BCUT2D eigenvalue weighted by atomic mass is 16.5. The first-order valence-corrected chi connectivity index (χ1v) is 22.7. The first-order valence-electron chi connectivity index (χ1n) is 22.7. The lowest BCUT2D eigenvalue weighted by atomic mass is 9.35. The number of aromatic nitrogens is 1. The van der Waals surface area contributed by atoms with Crippen molar-refractivity contribution in [3.05, 3.63) is 231 Å². The van der Waals surface area contributed by atoms with Gasteiger partial charge in [-0.2, -0.15) is 0 Å². The van der Waals surface area contributed by atoms with E-state index >= 15 is 0 Å². The SMILES string of the molecule is c1ccc(N(c2ccccc2)c2ccc3c(c2)oc2cc4c(cc23)Oc2cccc3c2B4c2cc4c(cc2O3)c2ccc(N(c3ccccc3)c3ccccc3)cc2n4-c2ccccc2)cc1. The minimum Gasteiger partial charge on any atom is -0.458 e. The summed E-state index contributed by atoms with van der Waals surface area (Å²) in [6.07, 6.45) is 0. The van der Waals surface area contributed by atoms with Crippen molar-refractivity contribution in [1.82, 2.24) is 4.57 Å². The Morgan fingerprint density at radius 2 is 0.791 bits per heavy atom. The van der Waals surface area contributed by atoms with Crippen LogP contribution in [0.1, 0.15) is 0 Å². The minimum absolute atomic E-state index is 0.174. The van der Waals surface area contributed by atoms with Crippen molar-refractivity contribution < 1.29 is 13.9 Å². The third-order valence-electron chi connectivity index (χ3n) is 13.4. The van der Waals surface area contributed by atoms with Gasteiger partial charge in [-0.3, -0.25) is 0 Å². The van der Waals surface area contributed by atoms with Crippen molar-refractivity contribution in [3.8, 4) is 28.7 Å². The zero-order valence-electron chi connectivity index (χ0n) is 36.1. The molecule has 2 aromatic heterocycles. The van der Waals surface area contributed by atoms with E-state index in [0.717, 1.165) is 123 Å². The maximum atomic E-state index is 6.91. The molecule has 0 unspecified atom stereocenters. The molecule has 0 saturated heterocycles. The largest absolute Gasteiger partial charge is 0.458 e. The molecule has 14 rings (SSSR count). The quantitative estimate of drug-likeness (QED) is 0.149. The average Bonchev–Trinajstić information content (AvgIpc) is 3.90. The zero-order chi connectivity index (χ0) is 44.0. The molecule has 0 saturated carbocycles. The summed E-state index contributed by atoms with van der Waals surface area (Å²) in [5.74, 6) is 3.24. The van der Waals surface area contributed by atoms with Crippen LogP contribution in [0.4, 0.5) is 34.1 Å². The number of furan rings is 1. The van der Waals surface area contributed by atoms with E-state index in [1.807, 2.05) is 18.2 Å². The fourth-order valence-corrected chi connectivity index (χ4v) is 10.5. The minimum atomic E-state index is -0.174. The van der Waals surface area contributed by atoms with E-state index in [2.05, 4.69) is 227 Å². The van der Waals surface area contributed by atoms with Gasteiger partial charge in [0, 0.05) is 72.9 Å². The summed E-state index contributed by atoms with van der Waals surface area (Å²) in [5.41, 5.74) is 14.4. The lowest BCUT2D eigenvalue weighted by molar-refractivity contribution is 0.465. The summed E-state index contributed by atoms with van der Waals surface area (Å²) < 4.78 is 23.0. The Hall–Kier alpha value is -8.94. The van der Waals surface area contributed by atoms with Crippen molar-refractivity contribution in [2.45, 2.75) is 0 Å². The van der Waals surface area contributed by atoms with Gasteiger partial charge in [-0.25, -0.2) is 0 Å². The number of para-hydroxylation sites is 5. The second kappa shape index (κ2) is 14.8. The lowest BCUT2D eigenvalue weighted by Crippen LogP contribution is -2.57. The highest BCUT2D eigenvalue weighted by molar-refractivity contribution is 6.98. The molecule has 0 fully saturated rings. The maximum absolute atomic E-state index is 6.91. The number of anilines is 6. The van der Waals surface area contributed by atoms with Crippen LogP contribution < -0.4 is 35.7 Å². The standard InChI is InChI=1S/C60H38BN3O3/c1-6-17-39(18-7-1)62(40-19-8-2-9-20-40)44-29-31-46-48-35-58-50(37-53(48)64(52(46)33-44)43-25-14-5-15-26-43)61-51-38-57-49(36-59(51)66-55-28-16-27-54(65-58)60(55)61)47-32-30-45(34-56(47)67-57)63(41-21-10-3-11-22-41)42-23-12-4-13-24-42/h1-38H. The highest BCUT2D eigenvalue weighted by Crippen LogP contribution is 2.44. The second-order valence-electron chi connectivity index (χ2n) is 17.3. The van der Waals surface area contributed by atoms with Crippen LogP contribution in [-0.2, 0) is 0 Å². The molecule has 0 aliphatic carbocycles. The summed E-state index contributed by atoms with van der Waals surface area (Å²) in [5, 5.41) is 4.30. The number of ether oxygens (including phenoxy) is 2. The normalized spacial score (nSPS) is 12.4. The fourth-order valence-electron chi connectivity index (χ4n) is 10.5. The number of nitrogens with zero attached hydrogens (tertiary/aromatic N) is 3. The number of fused-ring (bicyclic) bond motifs is 10. The Morgan fingerprint density at radius 3 is 1.36 bits per heavy atom. The van der Waals surface area contributed by atoms with E-state index in [1.165, 1.54) is 0 Å². The Labute approximate surface area is 386 Å². The maximum Gasteiger partial charge on any atom is 0.260 e. The predicted octanol–water partition coefficient (Wildman–Crippen LogP) is 14.4. The van der Waals surface area contributed by atoms with Gasteiger partial charge in [0.05, 0.1) is 11.0 Å². The fraction of sp³-hybridized carbons (Fsp3) is 0. The first kappa shape index (κ1) is 37.4. The smallest absolute Gasteiger partial charge is 0.260 e. The van der Waals surface area contributed by atoms with E-state index in [-0.39, 0.29) is 6.71 Å². The van der Waals surface area contributed by atoms with Crippen LogP contribution in [0.5, 0.6) is 23.0 Å². The molecule has 314 valence electrons. The van der Waals surface area contributed by atoms with Crippen molar-refractivity contribution in [2.24, 2.45) is 0 Å². The number of hydrogen-bond acceptors (Lipinski definition) is 5. The molecule has 6 nitrogen and oxygen atoms in total. The van der Waals surface area contributed by atoms with E-state index in [9.17, 15) is 0 Å². The van der Waals surface area contributed by atoms with Crippen LogP contribution in [0, 0.1) is 0 Å². The van der Waals surface area contributed by atoms with Gasteiger partial charge in [0.15, 0.2) is 0 Å². The molecule has 0 radical (unpaired) electrons. The van der Waals surface area contributed by atoms with Gasteiger partial charge >= 0.3 is 0 Å². The molecule has 0 N–H and O–H groups in total. The summed E-state index contributed by atoms with van der Waals surface area (Å²) in [7, 11) is 0. The molecule has 2 aliphatic heterocycles. The van der Waals surface area contributed by atoms with E-state index in [1.54, 1.807) is 0 Å². The monoisotopic (exact) mass is 859 g/mol. The van der Waals surface area contributed by atoms with Gasteiger partial charge < -0.3 is 28.3 Å². The molecule has 10 aromatic carbocycles. The van der Waals surface area contributed by atoms with Crippen molar-refractivity contribution in [1.29, 1.82) is 0 Å². The third kappa shape index (κ3) is 5.91. The van der Waals surface area contributed by atoms with Crippen molar-refractivity contribution in [3.63, 3.8) is 0 Å². The summed E-state index contributed by atoms with van der Waals surface area (Å²) in [4.78, 5) is 4.58. The second-order valence-corrected chi connectivity index (χ2v) is 17.3. The molecule has 7 heteroatoms. The zero-order valence-corrected chi connectivity index (χ0v) is 36.1. The number of rotatable bonds is 7. The van der Waals surface area contributed by atoms with Gasteiger partial charge in [-0.15, -0.1) is 0 Å². The molecular formula is C60H38BN3O3. The van der Waals surface area contributed by atoms with Crippen LogP contribution in [0.25, 0.3) is 49.4 Å². The van der Waals surface area contributed by atoms with Gasteiger partial charge in [-0.05, 0) is 132 Å². The van der Waals surface area contributed by atoms with Crippen molar-refractivity contribution >= 4 is 101 Å². The van der Waals surface area contributed by atoms with Gasteiger partial charge in [0.25, 0.3) is 6.71 Å². The topological polar surface area (TPSA) is 43.0 Å². The van der Waals surface area contributed by atoms with Gasteiger partial charge in [-0.1, -0.05) is 103 Å². The third-order valence-corrected chi connectivity index (χ3v) is 13.4. The van der Waals surface area contributed by atoms with Gasteiger partial charge in [0.1, 0.15) is 34.2 Å². The molecule has 0 amide bonds. The number of benzene rings is 10. The molecule has 2 aliphatic rings. The molecule has 0 atom stereocenters. The lowest BCUT2D eigenvalue weighted by Gasteiger charge is -2.32. The summed E-state index contributed by atoms with van der Waals surface area (Å²) in [6, 6.07) is 81.1. The average molecular weight is 860 g/mol. The van der Waals surface area contributed by atoms with Crippen molar-refractivity contribution in [2.75, 3.05) is 9.80 Å². The van der Waals surface area contributed by atoms with Crippen LogP contribution in [0.15, 0.2) is 235 Å². The summed E-state index contributed by atoms with van der Waals surface area (Å²) in [6.45, 7) is -0.174. The highest BCUT2D eigenvalue weighted by Gasteiger charge is 2.41. The van der Waals surface area contributed by atoms with Gasteiger partial charge in [0.2, 0.25) is 0 Å². The Balaban J connectivity index is 0.955. The van der Waals surface area contributed by atoms with Crippen LogP contribution in [0.2, 0.25) is 0 Å². The Morgan fingerprint density at radius 1 is 0.328 bits per heavy atom. The van der Waals surface area contributed by atoms with Crippen LogP contribution in [-0.4, -0.2) is 11.3 Å². The van der Waals surface area contributed by atoms with E-state index in [4.69, 9.17) is 13.9 Å². The van der Waals surface area contributed by atoms with E-state index in [0.29, 0.717) is 0 Å². The van der Waals surface area contributed by atoms with Crippen LogP contribution >= 0.6 is 0 Å². The molecule has 4 heterocycles. The Bertz CT molecular complexity index is 3780. The molecule has 0 bridgehead atoms. The predicted molar refractivity (Wildman–Crippen MR) is 275 cm³/mol. The number of hydrogen-bond donors (Lipinski definition) is 0. The van der Waals surface area contributed by atoms with Crippen LogP contribution in [0.3, 0.4) is 0 Å². The summed E-state index contributed by atoms with van der Waals surface area (Å²) >= 11 is 0. The molecular weight excluding hydrogens is 821 g/mol. The molecule has 12 aromatic rings. The molecule has 67 heavy (non-hydrogen) atoms. The van der Waals surface area contributed by atoms with E-state index < -0.39 is 0 Å². The molecule has 0 spiro atoms.